The Hall–Kier alpha value is -2.26. The molecule has 2 rings (SSSR count). The van der Waals surface area contributed by atoms with Crippen molar-refractivity contribution in [2.45, 2.75) is 11.8 Å². The van der Waals surface area contributed by atoms with Gasteiger partial charge >= 0.3 is 0 Å². The third-order valence-electron chi connectivity index (χ3n) is 2.85. The zero-order chi connectivity index (χ0) is 14.8. The van der Waals surface area contributed by atoms with Gasteiger partial charge in [-0.05, 0) is 23.8 Å². The molecule has 1 aromatic carbocycles. The molecule has 0 aliphatic rings. The summed E-state index contributed by atoms with van der Waals surface area (Å²) < 4.78 is 36.8. The molecule has 0 bridgehead atoms. The maximum Gasteiger partial charge on any atom is 0.181 e. The fourth-order valence-electron chi connectivity index (χ4n) is 1.72. The molecule has 1 aromatic heterocycles. The van der Waals surface area contributed by atoms with Crippen molar-refractivity contribution >= 4 is 9.84 Å². The molecule has 0 unspecified atom stereocenters. The highest BCUT2D eigenvalue weighted by Crippen LogP contribution is 2.24. The van der Waals surface area contributed by atoms with Crippen molar-refractivity contribution in [2.24, 2.45) is 0 Å². The summed E-state index contributed by atoms with van der Waals surface area (Å²) in [5.41, 5.74) is 1.03. The van der Waals surface area contributed by atoms with Gasteiger partial charge in [-0.2, -0.15) is 5.26 Å². The van der Waals surface area contributed by atoms with Crippen molar-refractivity contribution in [3.05, 3.63) is 48.0 Å². The highest BCUT2D eigenvalue weighted by atomic mass is 32.2. The summed E-state index contributed by atoms with van der Waals surface area (Å²) >= 11 is 0. The van der Waals surface area contributed by atoms with Gasteiger partial charge in [-0.25, -0.2) is 17.8 Å². The normalized spacial score (nSPS) is 11.1. The third kappa shape index (κ3) is 2.68. The Kier molecular flexibility index (Phi) is 3.81. The van der Waals surface area contributed by atoms with Crippen molar-refractivity contribution in [3.63, 3.8) is 0 Å². The van der Waals surface area contributed by atoms with Crippen molar-refractivity contribution in [2.75, 3.05) is 5.75 Å². The van der Waals surface area contributed by atoms with E-state index in [0.717, 1.165) is 0 Å². The molecule has 4 nitrogen and oxygen atoms in total. The second kappa shape index (κ2) is 5.39. The van der Waals surface area contributed by atoms with Gasteiger partial charge in [0.2, 0.25) is 0 Å². The van der Waals surface area contributed by atoms with E-state index in [9.17, 15) is 12.8 Å². The summed E-state index contributed by atoms with van der Waals surface area (Å²) in [5.74, 6) is -0.493. The molecule has 0 saturated heterocycles. The number of sulfone groups is 1. The Balaban J connectivity index is 2.62. The second-order valence-electron chi connectivity index (χ2n) is 4.09. The molecule has 6 heteroatoms. The van der Waals surface area contributed by atoms with Gasteiger partial charge in [0.1, 0.15) is 16.8 Å². The minimum absolute atomic E-state index is 0.0932. The molecule has 0 aliphatic carbocycles. The predicted octanol–water partition coefficient (Wildman–Crippen LogP) is 2.55. The maximum absolute atomic E-state index is 12.9. The molecular weight excluding hydrogens is 279 g/mol. The fourth-order valence-corrected chi connectivity index (χ4v) is 2.73. The highest BCUT2D eigenvalue weighted by molar-refractivity contribution is 7.91. The molecule has 2 aromatic rings. The second-order valence-corrected chi connectivity index (χ2v) is 6.34. The van der Waals surface area contributed by atoms with Crippen LogP contribution in [-0.4, -0.2) is 19.2 Å². The first-order valence-corrected chi connectivity index (χ1v) is 7.52. The smallest absolute Gasteiger partial charge is 0.181 e. The molecule has 102 valence electrons. The van der Waals surface area contributed by atoms with Gasteiger partial charge in [0.15, 0.2) is 15.5 Å². The van der Waals surface area contributed by atoms with Crippen LogP contribution in [0.4, 0.5) is 4.39 Å². The van der Waals surface area contributed by atoms with Gasteiger partial charge in [-0.3, -0.25) is 0 Å². The standard InChI is InChI=1S/C14H11FN2O2S/c1-2-20(18,19)14-7-11(9-17-13(14)8-16)10-3-5-12(15)6-4-10/h3-7,9H,2H2,1H3. The van der Waals surface area contributed by atoms with E-state index in [1.165, 1.54) is 43.5 Å². The predicted molar refractivity (Wildman–Crippen MR) is 72.1 cm³/mol. The topological polar surface area (TPSA) is 70.8 Å². The van der Waals surface area contributed by atoms with Crippen LogP contribution in [-0.2, 0) is 9.84 Å². The largest absolute Gasteiger partial charge is 0.244 e. The molecule has 0 amide bonds. The van der Waals surface area contributed by atoms with E-state index in [0.29, 0.717) is 11.1 Å². The van der Waals surface area contributed by atoms with Crippen LogP contribution >= 0.6 is 0 Å². The SMILES string of the molecule is CCS(=O)(=O)c1cc(-c2ccc(F)cc2)cnc1C#N. The van der Waals surface area contributed by atoms with Crippen molar-refractivity contribution in [1.29, 1.82) is 5.26 Å². The lowest BCUT2D eigenvalue weighted by molar-refractivity contribution is 0.596. The maximum atomic E-state index is 12.9. The molecule has 0 atom stereocenters. The molecule has 0 fully saturated rings. The van der Waals surface area contributed by atoms with E-state index in [4.69, 9.17) is 5.26 Å². The quantitative estimate of drug-likeness (QED) is 0.871. The van der Waals surface area contributed by atoms with E-state index in [-0.39, 0.29) is 22.2 Å². The van der Waals surface area contributed by atoms with Crippen LogP contribution in [0.25, 0.3) is 11.1 Å². The summed E-state index contributed by atoms with van der Waals surface area (Å²) in [6.07, 6.45) is 1.40. The average molecular weight is 290 g/mol. The monoisotopic (exact) mass is 290 g/mol. The number of halogens is 1. The molecular formula is C14H11FN2O2S. The number of hydrogen-bond donors (Lipinski definition) is 0. The number of nitriles is 1. The summed E-state index contributed by atoms with van der Waals surface area (Å²) in [7, 11) is -3.54. The summed E-state index contributed by atoms with van der Waals surface area (Å²) in [6.45, 7) is 1.50. The zero-order valence-electron chi connectivity index (χ0n) is 10.7. The van der Waals surface area contributed by atoms with Gasteiger partial charge < -0.3 is 0 Å². The Morgan fingerprint density at radius 3 is 2.45 bits per heavy atom. The number of pyridine rings is 1. The summed E-state index contributed by atoms with van der Waals surface area (Å²) in [4.78, 5) is 3.78. The van der Waals surface area contributed by atoms with Crippen LogP contribution in [0.15, 0.2) is 41.4 Å². The first-order valence-electron chi connectivity index (χ1n) is 5.87. The van der Waals surface area contributed by atoms with Gasteiger partial charge in [-0.1, -0.05) is 19.1 Å². The van der Waals surface area contributed by atoms with E-state index in [2.05, 4.69) is 4.98 Å². The summed E-state index contributed by atoms with van der Waals surface area (Å²) in [6, 6.07) is 8.79. The van der Waals surface area contributed by atoms with Crippen LogP contribution < -0.4 is 0 Å². The van der Waals surface area contributed by atoms with Gasteiger partial charge in [-0.15, -0.1) is 0 Å². The van der Waals surface area contributed by atoms with E-state index in [1.54, 1.807) is 6.07 Å². The molecule has 0 aliphatic heterocycles. The Labute approximate surface area is 116 Å². The van der Waals surface area contributed by atoms with Crippen LogP contribution in [0.2, 0.25) is 0 Å². The third-order valence-corrected chi connectivity index (χ3v) is 4.59. The van der Waals surface area contributed by atoms with Crippen molar-refractivity contribution in [1.82, 2.24) is 4.98 Å². The van der Waals surface area contributed by atoms with Gasteiger partial charge in [0.25, 0.3) is 0 Å². The lowest BCUT2D eigenvalue weighted by atomic mass is 10.1. The van der Waals surface area contributed by atoms with E-state index in [1.807, 2.05) is 0 Å². The number of rotatable bonds is 3. The number of hydrogen-bond acceptors (Lipinski definition) is 4. The number of benzene rings is 1. The van der Waals surface area contributed by atoms with Crippen molar-refractivity contribution in [3.8, 4) is 17.2 Å². The van der Waals surface area contributed by atoms with Crippen LogP contribution in [0, 0.1) is 17.1 Å². The lowest BCUT2D eigenvalue weighted by Gasteiger charge is -2.07. The Bertz CT molecular complexity index is 778. The number of nitrogens with zero attached hydrogens (tertiary/aromatic N) is 2. The first-order chi connectivity index (χ1) is 9.47. The molecule has 0 radical (unpaired) electrons. The molecule has 20 heavy (non-hydrogen) atoms. The Morgan fingerprint density at radius 1 is 1.25 bits per heavy atom. The summed E-state index contributed by atoms with van der Waals surface area (Å²) in [5, 5.41) is 8.95. The minimum atomic E-state index is -3.54. The minimum Gasteiger partial charge on any atom is -0.244 e. The lowest BCUT2D eigenvalue weighted by Crippen LogP contribution is -2.07. The highest BCUT2D eigenvalue weighted by Gasteiger charge is 2.19. The van der Waals surface area contributed by atoms with Gasteiger partial charge in [0, 0.05) is 11.8 Å². The zero-order valence-corrected chi connectivity index (χ0v) is 11.5. The van der Waals surface area contributed by atoms with E-state index < -0.39 is 9.84 Å². The fraction of sp³-hybridized carbons (Fsp3) is 0.143. The molecule has 0 saturated carbocycles. The molecule has 0 N–H and O–H groups in total. The van der Waals surface area contributed by atoms with Crippen LogP contribution in [0.1, 0.15) is 12.6 Å². The first kappa shape index (κ1) is 14.2. The average Bonchev–Trinajstić information content (AvgIpc) is 2.47. The Morgan fingerprint density at radius 2 is 1.90 bits per heavy atom. The van der Waals surface area contributed by atoms with E-state index >= 15 is 0 Å². The molecule has 0 spiro atoms. The van der Waals surface area contributed by atoms with Crippen molar-refractivity contribution < 1.29 is 12.8 Å². The van der Waals surface area contributed by atoms with Crippen LogP contribution in [0.3, 0.4) is 0 Å². The van der Waals surface area contributed by atoms with Crippen LogP contribution in [0.5, 0.6) is 0 Å². The number of aromatic nitrogens is 1. The molecule has 1 heterocycles. The van der Waals surface area contributed by atoms with Gasteiger partial charge in [0.05, 0.1) is 5.75 Å².